The molecule has 0 N–H and O–H groups in total. The second kappa shape index (κ2) is 8.20. The molecule has 2 aromatic carbocycles. The van der Waals surface area contributed by atoms with Crippen molar-refractivity contribution < 1.29 is 13.8 Å². The molecule has 1 heterocycles. The van der Waals surface area contributed by atoms with Crippen LogP contribution in [0.25, 0.3) is 11.0 Å². The third-order valence-corrected chi connectivity index (χ3v) is 5.46. The lowest BCUT2D eigenvalue weighted by molar-refractivity contribution is 0.111. The lowest BCUT2D eigenvalue weighted by Gasteiger charge is -2.14. The fourth-order valence-electron chi connectivity index (χ4n) is 2.73. The molecule has 1 atom stereocenters. The van der Waals surface area contributed by atoms with Crippen molar-refractivity contribution >= 4 is 31.0 Å². The molecular weight excluding hydrogens is 349 g/mol. The minimum absolute atomic E-state index is 0.340. The van der Waals surface area contributed by atoms with Crippen LogP contribution in [0.15, 0.2) is 42.5 Å². The Morgan fingerprint density at radius 3 is 2.65 bits per heavy atom. The second-order valence-electron chi connectivity index (χ2n) is 5.51. The summed E-state index contributed by atoms with van der Waals surface area (Å²) in [6.45, 7) is 3.04. The average molecular weight is 367 g/mol. The van der Waals surface area contributed by atoms with Crippen LogP contribution in [0.4, 0.5) is 0 Å². The number of benzene rings is 2. The van der Waals surface area contributed by atoms with E-state index >= 15 is 0 Å². The van der Waals surface area contributed by atoms with Crippen molar-refractivity contribution in [2.24, 2.45) is 0 Å². The molecule has 0 aliphatic carbocycles. The Morgan fingerprint density at radius 2 is 2.04 bits per heavy atom. The number of nitrogens with zero attached hydrogens (tertiary/aromatic N) is 3. The summed E-state index contributed by atoms with van der Waals surface area (Å²) < 4.78 is 12.8. The third kappa shape index (κ3) is 3.66. The number of hydrogen-bond acceptors (Lipinski definition) is 5. The summed E-state index contributed by atoms with van der Waals surface area (Å²) in [6.07, 6.45) is 0.736. The number of aromatic nitrogens is 2. The molecule has 0 aliphatic rings. The van der Waals surface area contributed by atoms with E-state index in [0.717, 1.165) is 22.7 Å². The van der Waals surface area contributed by atoms with E-state index in [1.165, 1.54) is 0 Å². The van der Waals surface area contributed by atoms with Gasteiger partial charge in [0.05, 0.1) is 29.3 Å². The Hall–Kier alpha value is -2.58. The van der Waals surface area contributed by atoms with Gasteiger partial charge in [0.25, 0.3) is 0 Å². The second-order valence-corrected chi connectivity index (χ2v) is 7.17. The monoisotopic (exact) mass is 367 g/mol. The molecule has 3 aromatic rings. The average Bonchev–Trinajstić information content (AvgIpc) is 3.03. The van der Waals surface area contributed by atoms with Crippen LogP contribution in [-0.4, -0.2) is 29.6 Å². The lowest BCUT2D eigenvalue weighted by Crippen LogP contribution is -2.08. The van der Waals surface area contributed by atoms with Gasteiger partial charge in [0.2, 0.25) is 8.38 Å². The number of fused-ring (bicyclic) bond motifs is 1. The molecule has 26 heavy (non-hydrogen) atoms. The van der Waals surface area contributed by atoms with Gasteiger partial charge in [-0.05, 0) is 42.8 Å². The number of carbonyl (C=O) groups excluding carboxylic acids is 1. The maximum absolute atomic E-state index is 11.4. The molecular formula is C19H18N3O3P. The van der Waals surface area contributed by atoms with Crippen molar-refractivity contribution in [3.63, 3.8) is 0 Å². The molecule has 7 heteroatoms. The van der Waals surface area contributed by atoms with Crippen LogP contribution in [0.1, 0.15) is 28.7 Å². The fourth-order valence-corrected chi connectivity index (χ4v) is 3.82. The van der Waals surface area contributed by atoms with Gasteiger partial charge < -0.3 is 13.6 Å². The SMILES string of the molecule is CCOP(OC)c1ccc(Cn2c(C=O)nc3cc(C#N)ccc32)cc1. The van der Waals surface area contributed by atoms with Gasteiger partial charge >= 0.3 is 0 Å². The van der Waals surface area contributed by atoms with Crippen LogP contribution in [-0.2, 0) is 15.6 Å². The molecule has 0 radical (unpaired) electrons. The smallest absolute Gasteiger partial charge is 0.204 e. The fraction of sp³-hybridized carbons (Fsp3) is 0.211. The zero-order valence-electron chi connectivity index (χ0n) is 14.5. The quantitative estimate of drug-likeness (QED) is 0.473. The van der Waals surface area contributed by atoms with Crippen molar-refractivity contribution in [1.82, 2.24) is 9.55 Å². The van der Waals surface area contributed by atoms with Gasteiger partial charge in [-0.25, -0.2) is 4.98 Å². The highest BCUT2D eigenvalue weighted by Gasteiger charge is 2.13. The predicted octanol–water partition coefficient (Wildman–Crippen LogP) is 3.39. The topological polar surface area (TPSA) is 77.1 Å². The number of carbonyl (C=O) groups is 1. The highest BCUT2D eigenvalue weighted by molar-refractivity contribution is 7.55. The van der Waals surface area contributed by atoms with Gasteiger partial charge in [-0.1, -0.05) is 12.1 Å². The maximum Gasteiger partial charge on any atom is 0.204 e. The third-order valence-electron chi connectivity index (χ3n) is 3.91. The van der Waals surface area contributed by atoms with Crippen LogP contribution in [0.5, 0.6) is 0 Å². The molecule has 0 saturated carbocycles. The Morgan fingerprint density at radius 1 is 1.27 bits per heavy atom. The van der Waals surface area contributed by atoms with Crippen LogP contribution in [0.3, 0.4) is 0 Å². The zero-order valence-corrected chi connectivity index (χ0v) is 15.4. The molecule has 0 spiro atoms. The maximum atomic E-state index is 11.4. The number of rotatable bonds is 7. The van der Waals surface area contributed by atoms with Crippen molar-refractivity contribution in [3.05, 3.63) is 59.4 Å². The van der Waals surface area contributed by atoms with E-state index in [9.17, 15) is 4.79 Å². The molecule has 6 nitrogen and oxygen atoms in total. The van der Waals surface area contributed by atoms with Crippen LogP contribution in [0, 0.1) is 11.3 Å². The lowest BCUT2D eigenvalue weighted by atomic mass is 10.2. The summed E-state index contributed by atoms with van der Waals surface area (Å²) in [7, 11) is 0.572. The highest BCUT2D eigenvalue weighted by Crippen LogP contribution is 2.35. The summed E-state index contributed by atoms with van der Waals surface area (Å²) in [4.78, 5) is 15.7. The van der Waals surface area contributed by atoms with Crippen LogP contribution >= 0.6 is 8.38 Å². The van der Waals surface area contributed by atoms with E-state index in [0.29, 0.717) is 30.1 Å². The first-order valence-electron chi connectivity index (χ1n) is 8.11. The van der Waals surface area contributed by atoms with Gasteiger partial charge in [-0.2, -0.15) is 5.26 Å². The number of nitriles is 1. The Kier molecular flexibility index (Phi) is 5.75. The molecule has 0 bridgehead atoms. The first-order valence-corrected chi connectivity index (χ1v) is 9.29. The van der Waals surface area contributed by atoms with E-state index in [1.807, 2.05) is 41.8 Å². The van der Waals surface area contributed by atoms with Crippen molar-refractivity contribution in [2.75, 3.05) is 13.7 Å². The molecule has 132 valence electrons. The molecule has 1 unspecified atom stereocenters. The Labute approximate surface area is 152 Å². The zero-order chi connectivity index (χ0) is 18.5. The van der Waals surface area contributed by atoms with Gasteiger partial charge in [-0.3, -0.25) is 4.79 Å². The van der Waals surface area contributed by atoms with E-state index in [2.05, 4.69) is 11.1 Å². The van der Waals surface area contributed by atoms with Gasteiger partial charge in [-0.15, -0.1) is 0 Å². The first-order chi connectivity index (χ1) is 12.7. The first kappa shape index (κ1) is 18.2. The molecule has 0 fully saturated rings. The van der Waals surface area contributed by atoms with E-state index < -0.39 is 8.38 Å². The Bertz CT molecular complexity index is 961. The number of imidazole rings is 1. The summed E-state index contributed by atoms with van der Waals surface area (Å²) in [5.41, 5.74) is 3.02. The highest BCUT2D eigenvalue weighted by atomic mass is 31.2. The van der Waals surface area contributed by atoms with E-state index in [4.69, 9.17) is 14.3 Å². The number of hydrogen-bond donors (Lipinski definition) is 0. The molecule has 0 amide bonds. The summed E-state index contributed by atoms with van der Waals surface area (Å²) in [5.74, 6) is 0.340. The molecule has 3 rings (SSSR count). The number of aldehydes is 1. The molecule has 1 aromatic heterocycles. The summed E-state index contributed by atoms with van der Waals surface area (Å²) in [5, 5.41) is 10.0. The van der Waals surface area contributed by atoms with Crippen LogP contribution in [0.2, 0.25) is 0 Å². The summed E-state index contributed by atoms with van der Waals surface area (Å²) >= 11 is 0. The summed E-state index contributed by atoms with van der Waals surface area (Å²) in [6, 6.07) is 15.3. The van der Waals surface area contributed by atoms with E-state index in [1.54, 1.807) is 19.2 Å². The van der Waals surface area contributed by atoms with Crippen LogP contribution < -0.4 is 5.30 Å². The molecule has 0 saturated heterocycles. The minimum atomic E-state index is -1.07. The standard InChI is InChI=1S/C19H18N3O3P/c1-3-25-26(24-2)16-7-4-14(5-8-16)12-22-18-9-6-15(11-20)10-17(18)21-19(22)13-23/h4-10,13H,3,12H2,1-2H3. The van der Waals surface area contributed by atoms with E-state index in [-0.39, 0.29) is 0 Å². The molecule has 0 aliphatic heterocycles. The van der Waals surface area contributed by atoms with Gasteiger partial charge in [0.1, 0.15) is 0 Å². The largest absolute Gasteiger partial charge is 0.334 e. The van der Waals surface area contributed by atoms with Gasteiger partial charge in [0, 0.05) is 19.0 Å². The van der Waals surface area contributed by atoms with Crippen molar-refractivity contribution in [2.45, 2.75) is 13.5 Å². The van der Waals surface area contributed by atoms with Crippen molar-refractivity contribution in [1.29, 1.82) is 5.26 Å². The Balaban J connectivity index is 1.91. The van der Waals surface area contributed by atoms with Gasteiger partial charge in [0.15, 0.2) is 12.1 Å². The van der Waals surface area contributed by atoms with Crippen molar-refractivity contribution in [3.8, 4) is 6.07 Å². The normalized spacial score (nSPS) is 12.0. The minimum Gasteiger partial charge on any atom is -0.334 e. The predicted molar refractivity (Wildman–Crippen MR) is 101 cm³/mol.